The van der Waals surface area contributed by atoms with E-state index in [1.165, 1.54) is 0 Å². The zero-order valence-corrected chi connectivity index (χ0v) is 14.9. The third-order valence-corrected chi connectivity index (χ3v) is 4.77. The number of carbonyl (C=O) groups is 1. The van der Waals surface area contributed by atoms with E-state index in [9.17, 15) is 26.4 Å². The molecule has 0 spiro atoms. The Kier molecular flexibility index (Phi) is 5.91. The molecule has 0 radical (unpaired) electrons. The summed E-state index contributed by atoms with van der Waals surface area (Å²) in [6.45, 7) is 0.911. The van der Waals surface area contributed by atoms with Gasteiger partial charge in [-0.05, 0) is 24.6 Å². The van der Waals surface area contributed by atoms with Gasteiger partial charge in [0.05, 0.1) is 18.0 Å². The first-order valence-electron chi connectivity index (χ1n) is 7.56. The van der Waals surface area contributed by atoms with E-state index in [0.29, 0.717) is 10.4 Å². The monoisotopic (exact) mass is 386 g/mol. The second kappa shape index (κ2) is 7.77. The zero-order valence-electron chi connectivity index (χ0n) is 14.0. The molecule has 0 aliphatic rings. The molecule has 1 atom stereocenters. The van der Waals surface area contributed by atoms with Gasteiger partial charge in [-0.2, -0.15) is 0 Å². The molecule has 0 fully saturated rings. The first kappa shape index (κ1) is 19.8. The minimum atomic E-state index is -4.12. The van der Waals surface area contributed by atoms with E-state index in [-0.39, 0.29) is 0 Å². The van der Waals surface area contributed by atoms with E-state index in [0.717, 1.165) is 17.9 Å². The quantitative estimate of drug-likeness (QED) is 0.777. The number of carbonyl (C=O) groups excluding carboxylic acids is 1. The Hall–Kier alpha value is -2.55. The van der Waals surface area contributed by atoms with Crippen LogP contribution in [0.4, 0.5) is 18.9 Å². The van der Waals surface area contributed by atoms with Crippen LogP contribution in [0.2, 0.25) is 0 Å². The molecule has 2 aromatic carbocycles. The van der Waals surface area contributed by atoms with Crippen molar-refractivity contribution in [1.82, 2.24) is 5.32 Å². The fourth-order valence-electron chi connectivity index (χ4n) is 2.33. The summed E-state index contributed by atoms with van der Waals surface area (Å²) in [4.78, 5) is 12.2. The predicted octanol–water partition coefficient (Wildman–Crippen LogP) is 2.75. The average molecular weight is 386 g/mol. The van der Waals surface area contributed by atoms with Crippen LogP contribution in [0.1, 0.15) is 18.5 Å². The summed E-state index contributed by atoms with van der Waals surface area (Å²) in [5.74, 6) is -5.67. The van der Waals surface area contributed by atoms with Crippen molar-refractivity contribution in [1.29, 1.82) is 0 Å². The van der Waals surface area contributed by atoms with Gasteiger partial charge in [0, 0.05) is 0 Å². The first-order chi connectivity index (χ1) is 12.1. The highest BCUT2D eigenvalue weighted by molar-refractivity contribution is 7.92. The maximum atomic E-state index is 14.0. The molecule has 1 unspecified atom stereocenters. The van der Waals surface area contributed by atoms with Crippen LogP contribution in [0.3, 0.4) is 0 Å². The Morgan fingerprint density at radius 1 is 1.08 bits per heavy atom. The van der Waals surface area contributed by atoms with E-state index < -0.39 is 51.7 Å². The molecule has 5 nitrogen and oxygen atoms in total. The van der Waals surface area contributed by atoms with E-state index in [2.05, 4.69) is 5.32 Å². The van der Waals surface area contributed by atoms with Crippen molar-refractivity contribution < 1.29 is 26.4 Å². The van der Waals surface area contributed by atoms with Crippen LogP contribution in [0.25, 0.3) is 0 Å². The largest absolute Gasteiger partial charge is 0.348 e. The number of anilines is 1. The highest BCUT2D eigenvalue weighted by Crippen LogP contribution is 2.25. The Labute approximate surface area is 149 Å². The Morgan fingerprint density at radius 3 is 2.27 bits per heavy atom. The molecule has 0 saturated heterocycles. The summed E-state index contributed by atoms with van der Waals surface area (Å²) in [7, 11) is -4.12. The van der Waals surface area contributed by atoms with Crippen LogP contribution in [-0.4, -0.2) is 27.1 Å². The van der Waals surface area contributed by atoms with Gasteiger partial charge >= 0.3 is 0 Å². The number of benzene rings is 2. The number of hydrogen-bond acceptors (Lipinski definition) is 3. The van der Waals surface area contributed by atoms with Crippen molar-refractivity contribution in [2.75, 3.05) is 17.1 Å². The van der Waals surface area contributed by atoms with Crippen molar-refractivity contribution in [2.45, 2.75) is 13.0 Å². The summed E-state index contributed by atoms with van der Waals surface area (Å²) in [6.07, 6.45) is 0.738. The van der Waals surface area contributed by atoms with Gasteiger partial charge in [-0.1, -0.05) is 30.3 Å². The lowest BCUT2D eigenvalue weighted by Crippen LogP contribution is -2.41. The molecular formula is C17H17F3N2O3S. The third-order valence-electron chi connectivity index (χ3n) is 3.65. The second-order valence-electron chi connectivity index (χ2n) is 5.66. The van der Waals surface area contributed by atoms with Crippen LogP contribution in [0.5, 0.6) is 0 Å². The number of halogens is 3. The second-order valence-corrected chi connectivity index (χ2v) is 7.57. The lowest BCUT2D eigenvalue weighted by Gasteiger charge is -2.23. The topological polar surface area (TPSA) is 66.5 Å². The van der Waals surface area contributed by atoms with Gasteiger partial charge in [0.15, 0.2) is 17.5 Å². The molecule has 9 heteroatoms. The lowest BCUT2D eigenvalue weighted by atomic mass is 10.1. The number of sulfonamides is 1. The summed E-state index contributed by atoms with van der Waals surface area (Å²) < 4.78 is 64.7. The number of amides is 1. The van der Waals surface area contributed by atoms with Crippen molar-refractivity contribution in [3.8, 4) is 0 Å². The van der Waals surface area contributed by atoms with Gasteiger partial charge in [-0.25, -0.2) is 21.6 Å². The van der Waals surface area contributed by atoms with Gasteiger partial charge in [0.25, 0.3) is 0 Å². The smallest absolute Gasteiger partial charge is 0.241 e. The van der Waals surface area contributed by atoms with Gasteiger partial charge < -0.3 is 5.32 Å². The van der Waals surface area contributed by atoms with Crippen LogP contribution in [-0.2, 0) is 14.8 Å². The number of nitrogens with zero attached hydrogens (tertiary/aromatic N) is 1. The summed E-state index contributed by atoms with van der Waals surface area (Å²) in [6, 6.07) is 9.83. The maximum absolute atomic E-state index is 14.0. The predicted molar refractivity (Wildman–Crippen MR) is 91.5 cm³/mol. The molecular weight excluding hydrogens is 369 g/mol. The summed E-state index contributed by atoms with van der Waals surface area (Å²) in [5.41, 5.74) is 0.0414. The Morgan fingerprint density at radius 2 is 1.69 bits per heavy atom. The molecule has 1 N–H and O–H groups in total. The normalized spacial score (nSPS) is 12.5. The molecule has 2 aromatic rings. The highest BCUT2D eigenvalue weighted by Gasteiger charge is 2.27. The number of hydrogen-bond donors (Lipinski definition) is 1. The van der Waals surface area contributed by atoms with E-state index >= 15 is 0 Å². The van der Waals surface area contributed by atoms with Crippen molar-refractivity contribution in [3.63, 3.8) is 0 Å². The molecule has 140 valence electrons. The minimum absolute atomic E-state index is 0.387. The molecule has 0 bridgehead atoms. The fraction of sp³-hybridized carbons (Fsp3) is 0.235. The van der Waals surface area contributed by atoms with Crippen LogP contribution < -0.4 is 9.62 Å². The number of rotatable bonds is 6. The standard InChI is InChI=1S/C17H17F3N2O3S/c1-11(12-6-4-3-5-7-12)21-15(23)10-22(26(2,24)25)14-9-8-13(18)16(19)17(14)20/h3-9,11H,10H2,1-2H3,(H,21,23). The minimum Gasteiger partial charge on any atom is -0.348 e. The molecule has 1 amide bonds. The summed E-state index contributed by atoms with van der Waals surface area (Å²) in [5, 5.41) is 2.58. The highest BCUT2D eigenvalue weighted by atomic mass is 32.2. The lowest BCUT2D eigenvalue weighted by molar-refractivity contribution is -0.120. The van der Waals surface area contributed by atoms with Crippen LogP contribution >= 0.6 is 0 Å². The van der Waals surface area contributed by atoms with Gasteiger partial charge in [0.2, 0.25) is 15.9 Å². The molecule has 2 rings (SSSR count). The van der Waals surface area contributed by atoms with Gasteiger partial charge in [0.1, 0.15) is 6.54 Å². The Bertz CT molecular complexity index is 905. The SMILES string of the molecule is CC(NC(=O)CN(c1ccc(F)c(F)c1F)S(C)(=O)=O)c1ccccc1. The zero-order chi connectivity index (χ0) is 19.5. The van der Waals surface area contributed by atoms with Crippen molar-refractivity contribution in [3.05, 3.63) is 65.5 Å². The summed E-state index contributed by atoms with van der Waals surface area (Å²) >= 11 is 0. The first-order valence-corrected chi connectivity index (χ1v) is 9.41. The fourth-order valence-corrected chi connectivity index (χ4v) is 3.18. The third kappa shape index (κ3) is 4.54. The van der Waals surface area contributed by atoms with E-state index in [4.69, 9.17) is 0 Å². The molecule has 0 saturated carbocycles. The van der Waals surface area contributed by atoms with Crippen molar-refractivity contribution >= 4 is 21.6 Å². The van der Waals surface area contributed by atoms with Gasteiger partial charge in [-0.15, -0.1) is 0 Å². The molecule has 0 heterocycles. The average Bonchev–Trinajstić information content (AvgIpc) is 2.58. The van der Waals surface area contributed by atoms with Crippen LogP contribution in [0.15, 0.2) is 42.5 Å². The van der Waals surface area contributed by atoms with E-state index in [1.54, 1.807) is 37.3 Å². The molecule has 0 aromatic heterocycles. The van der Waals surface area contributed by atoms with Crippen molar-refractivity contribution in [2.24, 2.45) is 0 Å². The molecule has 26 heavy (non-hydrogen) atoms. The Balaban J connectivity index is 2.24. The number of nitrogens with one attached hydrogen (secondary N) is 1. The maximum Gasteiger partial charge on any atom is 0.241 e. The van der Waals surface area contributed by atoms with Crippen LogP contribution in [0, 0.1) is 17.5 Å². The molecule has 0 aliphatic carbocycles. The molecule has 0 aliphatic heterocycles. The van der Waals surface area contributed by atoms with Gasteiger partial charge in [-0.3, -0.25) is 9.10 Å². The van der Waals surface area contributed by atoms with E-state index in [1.807, 2.05) is 0 Å².